The maximum absolute atomic E-state index is 12.9. The molecule has 2 aromatic heterocycles. The van der Waals surface area contributed by atoms with E-state index in [1.807, 2.05) is 24.0 Å². The molecule has 1 aliphatic heterocycles. The van der Waals surface area contributed by atoms with Crippen LogP contribution in [0.15, 0.2) is 35.3 Å². The number of aromatic amines is 1. The molecule has 0 unspecified atom stereocenters. The quantitative estimate of drug-likeness (QED) is 0.689. The van der Waals surface area contributed by atoms with Crippen molar-refractivity contribution in [2.75, 3.05) is 19.6 Å². The van der Waals surface area contributed by atoms with Crippen LogP contribution in [-0.4, -0.2) is 51.1 Å². The molecule has 0 bridgehead atoms. The summed E-state index contributed by atoms with van der Waals surface area (Å²) in [5.41, 5.74) is 1.36. The van der Waals surface area contributed by atoms with Crippen molar-refractivity contribution in [3.63, 3.8) is 0 Å². The highest BCUT2D eigenvalue weighted by molar-refractivity contribution is 6.00. The van der Waals surface area contributed by atoms with Gasteiger partial charge in [-0.15, -0.1) is 12.4 Å². The molecule has 0 saturated carbocycles. The largest absolute Gasteiger partial charge is 0.333 e. The number of hydrogen-bond donors (Lipinski definition) is 2. The molecule has 4 rings (SSSR count). The third-order valence-corrected chi connectivity index (χ3v) is 4.37. The summed E-state index contributed by atoms with van der Waals surface area (Å²) in [5, 5.41) is 8.13. The Morgan fingerprint density at radius 3 is 2.92 bits per heavy atom. The zero-order chi connectivity index (χ0) is 16.0. The molecule has 0 aliphatic carbocycles. The highest BCUT2D eigenvalue weighted by atomic mass is 35.5. The standard InChI is InChI=1S/C16H17N5O2.ClH/c1-10-8-17-6-7-20(10)16(23)12-9-18-21-13-5-3-2-4-11(13)15(22)19-14(12)21;/h2-5,9-10,17H,6-8H2,1H3,(H,19,22);1H/t10-;/m0./s1. The molecule has 1 fully saturated rings. The number of amides is 1. The van der Waals surface area contributed by atoms with Gasteiger partial charge in [0.25, 0.3) is 11.5 Å². The van der Waals surface area contributed by atoms with Gasteiger partial charge in [-0.3, -0.25) is 9.59 Å². The molecular formula is C16H18ClN5O2. The summed E-state index contributed by atoms with van der Waals surface area (Å²) in [6, 6.07) is 7.34. The Morgan fingerprint density at radius 2 is 2.12 bits per heavy atom. The van der Waals surface area contributed by atoms with Gasteiger partial charge in [0.2, 0.25) is 0 Å². The second-order valence-electron chi connectivity index (χ2n) is 5.84. The van der Waals surface area contributed by atoms with Crippen LogP contribution in [0.4, 0.5) is 0 Å². The summed E-state index contributed by atoms with van der Waals surface area (Å²) >= 11 is 0. The summed E-state index contributed by atoms with van der Waals surface area (Å²) in [5.74, 6) is -0.0973. The number of rotatable bonds is 1. The number of carbonyl (C=O) groups is 1. The zero-order valence-corrected chi connectivity index (χ0v) is 14.0. The minimum Gasteiger partial charge on any atom is -0.333 e. The minimum absolute atomic E-state index is 0. The van der Waals surface area contributed by atoms with E-state index in [0.29, 0.717) is 28.7 Å². The third kappa shape index (κ3) is 2.46. The first-order chi connectivity index (χ1) is 11.2. The van der Waals surface area contributed by atoms with Crippen molar-refractivity contribution < 1.29 is 4.79 Å². The first-order valence-corrected chi connectivity index (χ1v) is 7.67. The Bertz CT molecular complexity index is 964. The van der Waals surface area contributed by atoms with Gasteiger partial charge in [0.1, 0.15) is 11.2 Å². The van der Waals surface area contributed by atoms with E-state index in [1.54, 1.807) is 16.6 Å². The van der Waals surface area contributed by atoms with Crippen molar-refractivity contribution in [3.8, 4) is 0 Å². The first-order valence-electron chi connectivity index (χ1n) is 7.67. The lowest BCUT2D eigenvalue weighted by molar-refractivity contribution is 0.0657. The summed E-state index contributed by atoms with van der Waals surface area (Å²) in [6.07, 6.45) is 1.54. The summed E-state index contributed by atoms with van der Waals surface area (Å²) in [6.45, 7) is 4.20. The number of fused-ring (bicyclic) bond motifs is 3. The number of benzene rings is 1. The Kier molecular flexibility index (Phi) is 4.29. The van der Waals surface area contributed by atoms with Gasteiger partial charge in [-0.1, -0.05) is 12.1 Å². The maximum atomic E-state index is 12.9. The molecule has 8 heteroatoms. The van der Waals surface area contributed by atoms with Crippen LogP contribution in [0.25, 0.3) is 16.6 Å². The highest BCUT2D eigenvalue weighted by Gasteiger charge is 2.27. The van der Waals surface area contributed by atoms with E-state index in [9.17, 15) is 9.59 Å². The number of nitrogens with one attached hydrogen (secondary N) is 2. The van der Waals surface area contributed by atoms with Crippen LogP contribution in [0.3, 0.4) is 0 Å². The fourth-order valence-corrected chi connectivity index (χ4v) is 3.13. The number of halogens is 1. The van der Waals surface area contributed by atoms with Gasteiger partial charge >= 0.3 is 0 Å². The topological polar surface area (TPSA) is 82.5 Å². The SMILES string of the molecule is C[C@H]1CNCCN1C(=O)c1cnn2c1[nH]c(=O)c1ccccc12.Cl. The molecule has 7 nitrogen and oxygen atoms in total. The Balaban J connectivity index is 0.00000169. The molecule has 126 valence electrons. The monoisotopic (exact) mass is 347 g/mol. The van der Waals surface area contributed by atoms with Gasteiger partial charge in [0.05, 0.1) is 17.1 Å². The number of H-pyrrole nitrogens is 1. The van der Waals surface area contributed by atoms with Crippen LogP contribution in [-0.2, 0) is 0 Å². The van der Waals surface area contributed by atoms with Gasteiger partial charge in [0, 0.05) is 25.7 Å². The number of aromatic nitrogens is 3. The van der Waals surface area contributed by atoms with E-state index < -0.39 is 0 Å². The lowest BCUT2D eigenvalue weighted by Gasteiger charge is -2.33. The van der Waals surface area contributed by atoms with Crippen molar-refractivity contribution in [1.82, 2.24) is 24.8 Å². The number of para-hydroxylation sites is 1. The van der Waals surface area contributed by atoms with Gasteiger partial charge < -0.3 is 15.2 Å². The molecule has 1 aromatic carbocycles. The molecule has 2 N–H and O–H groups in total. The maximum Gasteiger partial charge on any atom is 0.259 e. The molecule has 1 aliphatic rings. The van der Waals surface area contributed by atoms with Crippen LogP contribution in [0.2, 0.25) is 0 Å². The van der Waals surface area contributed by atoms with Crippen molar-refractivity contribution in [1.29, 1.82) is 0 Å². The average Bonchev–Trinajstić information content (AvgIpc) is 2.99. The molecule has 1 atom stereocenters. The molecule has 0 spiro atoms. The van der Waals surface area contributed by atoms with Crippen molar-refractivity contribution in [2.45, 2.75) is 13.0 Å². The van der Waals surface area contributed by atoms with E-state index in [2.05, 4.69) is 15.4 Å². The molecule has 3 heterocycles. The molecular weight excluding hydrogens is 330 g/mol. The predicted octanol–water partition coefficient (Wildman–Crippen LogP) is 1.03. The van der Waals surface area contributed by atoms with Crippen molar-refractivity contribution >= 4 is 34.9 Å². The average molecular weight is 348 g/mol. The number of carbonyl (C=O) groups excluding carboxylic acids is 1. The molecule has 24 heavy (non-hydrogen) atoms. The van der Waals surface area contributed by atoms with Crippen LogP contribution in [0, 0.1) is 0 Å². The van der Waals surface area contributed by atoms with E-state index in [4.69, 9.17) is 0 Å². The summed E-state index contributed by atoms with van der Waals surface area (Å²) in [4.78, 5) is 29.7. The van der Waals surface area contributed by atoms with E-state index in [0.717, 1.165) is 13.1 Å². The van der Waals surface area contributed by atoms with Gasteiger partial charge in [0.15, 0.2) is 0 Å². The van der Waals surface area contributed by atoms with E-state index in [1.165, 1.54) is 6.20 Å². The fraction of sp³-hybridized carbons (Fsp3) is 0.312. The summed E-state index contributed by atoms with van der Waals surface area (Å²) in [7, 11) is 0. The van der Waals surface area contributed by atoms with Crippen LogP contribution in [0.5, 0.6) is 0 Å². The number of nitrogens with zero attached hydrogens (tertiary/aromatic N) is 3. The van der Waals surface area contributed by atoms with Gasteiger partial charge in [-0.25, -0.2) is 4.52 Å². The Hall–Kier alpha value is -2.38. The molecule has 0 radical (unpaired) electrons. The summed E-state index contributed by atoms with van der Waals surface area (Å²) < 4.78 is 1.62. The normalized spacial score (nSPS) is 17.9. The molecule has 3 aromatic rings. The van der Waals surface area contributed by atoms with Crippen LogP contribution in [0.1, 0.15) is 17.3 Å². The highest BCUT2D eigenvalue weighted by Crippen LogP contribution is 2.17. The first kappa shape index (κ1) is 16.5. The van der Waals surface area contributed by atoms with Gasteiger partial charge in [-0.05, 0) is 19.1 Å². The Morgan fingerprint density at radius 1 is 1.33 bits per heavy atom. The van der Waals surface area contributed by atoms with Crippen LogP contribution >= 0.6 is 12.4 Å². The second kappa shape index (κ2) is 6.26. The predicted molar refractivity (Wildman–Crippen MR) is 93.9 cm³/mol. The van der Waals surface area contributed by atoms with Crippen molar-refractivity contribution in [3.05, 3.63) is 46.4 Å². The minimum atomic E-state index is -0.212. The fourth-order valence-electron chi connectivity index (χ4n) is 3.13. The molecule has 1 saturated heterocycles. The van der Waals surface area contributed by atoms with E-state index >= 15 is 0 Å². The van der Waals surface area contributed by atoms with Gasteiger partial charge in [-0.2, -0.15) is 5.10 Å². The molecule has 1 amide bonds. The lowest BCUT2D eigenvalue weighted by atomic mass is 10.1. The Labute approximate surface area is 144 Å². The second-order valence-corrected chi connectivity index (χ2v) is 5.84. The van der Waals surface area contributed by atoms with E-state index in [-0.39, 0.29) is 29.9 Å². The third-order valence-electron chi connectivity index (χ3n) is 4.37. The van der Waals surface area contributed by atoms with Crippen LogP contribution < -0.4 is 10.9 Å². The number of hydrogen-bond acceptors (Lipinski definition) is 4. The number of piperazine rings is 1. The van der Waals surface area contributed by atoms with Crippen molar-refractivity contribution in [2.24, 2.45) is 0 Å². The smallest absolute Gasteiger partial charge is 0.259 e. The zero-order valence-electron chi connectivity index (χ0n) is 13.2. The lowest BCUT2D eigenvalue weighted by Crippen LogP contribution is -2.52.